The minimum atomic E-state index is -0.494. The lowest BCUT2D eigenvalue weighted by Crippen LogP contribution is -2.32. The summed E-state index contributed by atoms with van der Waals surface area (Å²) in [5.74, 6) is 0.229. The fourth-order valence-corrected chi connectivity index (χ4v) is 2.39. The lowest BCUT2D eigenvalue weighted by atomic mass is 9.94. The zero-order valence-corrected chi connectivity index (χ0v) is 13.5. The van der Waals surface area contributed by atoms with Crippen molar-refractivity contribution in [2.24, 2.45) is 11.8 Å². The van der Waals surface area contributed by atoms with Crippen molar-refractivity contribution in [3.8, 4) is 0 Å². The van der Waals surface area contributed by atoms with E-state index in [2.05, 4.69) is 25.7 Å². The predicted molar refractivity (Wildman–Crippen MR) is 82.4 cm³/mol. The number of nitrogens with one attached hydrogen (secondary N) is 1. The first-order valence-electron chi connectivity index (χ1n) is 7.80. The summed E-state index contributed by atoms with van der Waals surface area (Å²) in [6.07, 6.45) is 2.76. The van der Waals surface area contributed by atoms with Crippen molar-refractivity contribution in [3.63, 3.8) is 0 Å². The second-order valence-corrected chi connectivity index (χ2v) is 5.94. The molecule has 1 aliphatic rings. The first-order chi connectivity index (χ1) is 10.5. The van der Waals surface area contributed by atoms with Crippen LogP contribution in [0.15, 0.2) is 12.7 Å². The molecule has 2 atom stereocenters. The van der Waals surface area contributed by atoms with Crippen LogP contribution in [-0.4, -0.2) is 44.5 Å². The van der Waals surface area contributed by atoms with Gasteiger partial charge < -0.3 is 19.5 Å². The molecule has 1 aliphatic heterocycles. The quantitative estimate of drug-likeness (QED) is 0.522. The third-order valence-corrected chi connectivity index (χ3v) is 3.31. The van der Waals surface area contributed by atoms with E-state index >= 15 is 0 Å². The van der Waals surface area contributed by atoms with Gasteiger partial charge in [-0.1, -0.05) is 26.5 Å². The van der Waals surface area contributed by atoms with Crippen molar-refractivity contribution in [2.75, 3.05) is 26.4 Å². The second kappa shape index (κ2) is 10.2. The minimum Gasteiger partial charge on any atom is -0.460 e. The molecule has 1 rings (SSSR count). The Bertz CT molecular complexity index is 364. The summed E-state index contributed by atoms with van der Waals surface area (Å²) in [6, 6.07) is 0. The Hall–Kier alpha value is -1.56. The van der Waals surface area contributed by atoms with E-state index in [1.165, 1.54) is 6.08 Å². The van der Waals surface area contributed by atoms with Crippen LogP contribution in [0.4, 0.5) is 4.79 Å². The van der Waals surface area contributed by atoms with E-state index in [4.69, 9.17) is 14.2 Å². The van der Waals surface area contributed by atoms with Crippen molar-refractivity contribution in [1.82, 2.24) is 5.32 Å². The highest BCUT2D eigenvalue weighted by Gasteiger charge is 2.23. The van der Waals surface area contributed by atoms with E-state index in [1.807, 2.05) is 0 Å². The van der Waals surface area contributed by atoms with Gasteiger partial charge in [0.1, 0.15) is 12.7 Å². The largest absolute Gasteiger partial charge is 0.460 e. The van der Waals surface area contributed by atoms with Crippen LogP contribution in [0.2, 0.25) is 0 Å². The summed E-state index contributed by atoms with van der Waals surface area (Å²) in [6.45, 7) is 9.33. The molecular formula is C16H27NO5. The minimum absolute atomic E-state index is 0.0334. The van der Waals surface area contributed by atoms with E-state index in [1.54, 1.807) is 0 Å². The maximum absolute atomic E-state index is 12.0. The Labute approximate surface area is 132 Å². The Morgan fingerprint density at radius 3 is 2.82 bits per heavy atom. The van der Waals surface area contributed by atoms with Gasteiger partial charge in [0.2, 0.25) is 0 Å². The molecule has 126 valence electrons. The van der Waals surface area contributed by atoms with Gasteiger partial charge in [-0.2, -0.15) is 0 Å². The topological polar surface area (TPSA) is 73.9 Å². The fourth-order valence-electron chi connectivity index (χ4n) is 2.39. The summed E-state index contributed by atoms with van der Waals surface area (Å²) in [5.41, 5.74) is 0. The van der Waals surface area contributed by atoms with Crippen LogP contribution in [0.3, 0.4) is 0 Å². The molecule has 0 aromatic carbocycles. The Morgan fingerprint density at radius 1 is 1.45 bits per heavy atom. The highest BCUT2D eigenvalue weighted by Crippen LogP contribution is 2.17. The van der Waals surface area contributed by atoms with E-state index < -0.39 is 6.09 Å². The normalized spacial score (nSPS) is 18.8. The summed E-state index contributed by atoms with van der Waals surface area (Å²) in [4.78, 5) is 23.4. The molecule has 1 heterocycles. The van der Waals surface area contributed by atoms with Gasteiger partial charge >= 0.3 is 12.1 Å². The van der Waals surface area contributed by atoms with Gasteiger partial charge in [0.05, 0.1) is 19.6 Å². The van der Waals surface area contributed by atoms with Crippen LogP contribution >= 0.6 is 0 Å². The van der Waals surface area contributed by atoms with Crippen LogP contribution in [0.1, 0.15) is 33.1 Å². The van der Waals surface area contributed by atoms with Gasteiger partial charge in [0.15, 0.2) is 0 Å². The number of ether oxygens (including phenoxy) is 3. The molecule has 1 N–H and O–H groups in total. The number of carbonyl (C=O) groups is 2. The maximum Gasteiger partial charge on any atom is 0.407 e. The standard InChI is InChI=1S/C16H27NO5/c1-4-6-21-16(19)17-10-13(8-12(2)3)9-15(18)22-14-5-7-20-11-14/h4,12-14H,1,5-11H2,2-3H3,(H,17,19)/t13-,14?/m0/s1. The number of amides is 1. The van der Waals surface area contributed by atoms with E-state index in [0.29, 0.717) is 25.7 Å². The maximum atomic E-state index is 12.0. The second-order valence-electron chi connectivity index (χ2n) is 5.94. The average molecular weight is 313 g/mol. The molecular weight excluding hydrogens is 286 g/mol. The highest BCUT2D eigenvalue weighted by atomic mass is 16.6. The van der Waals surface area contributed by atoms with Gasteiger partial charge in [0.25, 0.3) is 0 Å². The molecule has 6 heteroatoms. The molecule has 22 heavy (non-hydrogen) atoms. The molecule has 0 radical (unpaired) electrons. The smallest absolute Gasteiger partial charge is 0.407 e. The molecule has 1 fully saturated rings. The molecule has 0 aliphatic carbocycles. The predicted octanol–water partition coefficient (Wildman–Crippen LogP) is 2.28. The number of esters is 1. The summed E-state index contributed by atoms with van der Waals surface area (Å²) >= 11 is 0. The first-order valence-corrected chi connectivity index (χ1v) is 7.80. The van der Waals surface area contributed by atoms with E-state index in [0.717, 1.165) is 12.8 Å². The van der Waals surface area contributed by atoms with Crippen molar-refractivity contribution >= 4 is 12.1 Å². The average Bonchev–Trinajstić information content (AvgIpc) is 2.94. The van der Waals surface area contributed by atoms with Crippen LogP contribution in [0.5, 0.6) is 0 Å². The van der Waals surface area contributed by atoms with Crippen molar-refractivity contribution in [3.05, 3.63) is 12.7 Å². The van der Waals surface area contributed by atoms with Crippen LogP contribution in [0.25, 0.3) is 0 Å². The third kappa shape index (κ3) is 8.02. The van der Waals surface area contributed by atoms with E-state index in [-0.39, 0.29) is 31.0 Å². The van der Waals surface area contributed by atoms with Gasteiger partial charge in [0, 0.05) is 13.0 Å². The first kappa shape index (κ1) is 18.5. The highest BCUT2D eigenvalue weighted by molar-refractivity contribution is 5.70. The van der Waals surface area contributed by atoms with Crippen molar-refractivity contribution < 1.29 is 23.8 Å². The lowest BCUT2D eigenvalue weighted by molar-refractivity contribution is -0.150. The zero-order chi connectivity index (χ0) is 16.4. The Kier molecular flexibility index (Phi) is 8.58. The van der Waals surface area contributed by atoms with Crippen molar-refractivity contribution in [1.29, 1.82) is 0 Å². The van der Waals surface area contributed by atoms with Crippen molar-refractivity contribution in [2.45, 2.75) is 39.2 Å². The molecule has 1 amide bonds. The molecule has 1 saturated heterocycles. The number of alkyl carbamates (subject to hydrolysis) is 1. The lowest BCUT2D eigenvalue weighted by Gasteiger charge is -2.19. The Morgan fingerprint density at radius 2 is 2.23 bits per heavy atom. The molecule has 0 aromatic heterocycles. The molecule has 1 unspecified atom stereocenters. The van der Waals surface area contributed by atoms with Gasteiger partial charge in [-0.15, -0.1) is 0 Å². The fraction of sp³-hybridized carbons (Fsp3) is 0.750. The summed E-state index contributed by atoms with van der Waals surface area (Å²) in [7, 11) is 0. The SMILES string of the molecule is C=CCOC(=O)NC[C@H](CC(=O)OC1CCOC1)CC(C)C. The summed E-state index contributed by atoms with van der Waals surface area (Å²) < 4.78 is 15.4. The molecule has 0 spiro atoms. The Balaban J connectivity index is 2.36. The van der Waals surface area contributed by atoms with Crippen LogP contribution < -0.4 is 5.32 Å². The summed E-state index contributed by atoms with van der Waals surface area (Å²) in [5, 5.41) is 2.68. The number of hydrogen-bond donors (Lipinski definition) is 1. The zero-order valence-electron chi connectivity index (χ0n) is 13.5. The van der Waals surface area contributed by atoms with Gasteiger partial charge in [-0.3, -0.25) is 4.79 Å². The number of hydrogen-bond acceptors (Lipinski definition) is 5. The van der Waals surface area contributed by atoms with Gasteiger partial charge in [-0.05, 0) is 18.3 Å². The van der Waals surface area contributed by atoms with Gasteiger partial charge in [-0.25, -0.2) is 4.79 Å². The van der Waals surface area contributed by atoms with Crippen LogP contribution in [-0.2, 0) is 19.0 Å². The molecule has 0 aromatic rings. The molecule has 6 nitrogen and oxygen atoms in total. The number of rotatable bonds is 9. The van der Waals surface area contributed by atoms with Crippen LogP contribution in [0, 0.1) is 11.8 Å². The third-order valence-electron chi connectivity index (χ3n) is 3.31. The van der Waals surface area contributed by atoms with E-state index in [9.17, 15) is 9.59 Å². The number of carbonyl (C=O) groups excluding carboxylic acids is 2. The monoisotopic (exact) mass is 313 g/mol. The molecule has 0 bridgehead atoms. The molecule has 0 saturated carbocycles.